The van der Waals surface area contributed by atoms with Crippen LogP contribution in [-0.4, -0.2) is 73.8 Å². The van der Waals surface area contributed by atoms with Crippen molar-refractivity contribution in [2.75, 3.05) is 52.4 Å². The molecule has 4 N–H and O–H groups in total. The first-order valence-corrected chi connectivity index (χ1v) is 10.7. The second kappa shape index (κ2) is 14.1. The van der Waals surface area contributed by atoms with Gasteiger partial charge in [-0.05, 0) is 58.2 Å². The van der Waals surface area contributed by atoms with Crippen LogP contribution < -0.4 is 11.5 Å². The van der Waals surface area contributed by atoms with E-state index in [1.54, 1.807) is 0 Å². The average Bonchev–Trinajstić information content (AvgIpc) is 2.73. The zero-order valence-electron chi connectivity index (χ0n) is 18.3. The molecule has 0 aliphatic rings. The Kier molecular flexibility index (Phi) is 12.2. The van der Waals surface area contributed by atoms with Crippen molar-refractivity contribution >= 4 is 11.7 Å². The van der Waals surface area contributed by atoms with E-state index < -0.39 is 0 Å². The summed E-state index contributed by atoms with van der Waals surface area (Å²) in [6.07, 6.45) is 2.02. The summed E-state index contributed by atoms with van der Waals surface area (Å²) < 4.78 is 0. The summed E-state index contributed by atoms with van der Waals surface area (Å²) in [4.78, 5) is 13.8. The highest BCUT2D eigenvalue weighted by Gasteiger charge is 2.04. The van der Waals surface area contributed by atoms with Gasteiger partial charge in [0.15, 0.2) is 0 Å². The number of nitrogens with two attached hydrogens (primary N) is 2. The number of hydrogen-bond donors (Lipinski definition) is 2. The van der Waals surface area contributed by atoms with Crippen LogP contribution in [0.5, 0.6) is 0 Å². The molecule has 1 aromatic rings. The van der Waals surface area contributed by atoms with Gasteiger partial charge in [0.1, 0.15) is 11.7 Å². The van der Waals surface area contributed by atoms with Gasteiger partial charge >= 0.3 is 0 Å². The first kappa shape index (κ1) is 24.1. The fraction of sp³-hybridized carbons (Fsp3) is 0.636. The van der Waals surface area contributed by atoms with Crippen LogP contribution in [0.2, 0.25) is 0 Å². The molecule has 0 spiro atoms. The Morgan fingerprint density at radius 1 is 0.750 bits per heavy atom. The topological polar surface area (TPSA) is 83.2 Å². The number of benzene rings is 1. The molecule has 0 aromatic heterocycles. The summed E-state index contributed by atoms with van der Waals surface area (Å²) in [6.45, 7) is 16.6. The lowest BCUT2D eigenvalue weighted by atomic mass is 10.1. The molecular formula is C22H40N6. The molecule has 0 saturated carbocycles. The Morgan fingerprint density at radius 3 is 1.50 bits per heavy atom. The lowest BCUT2D eigenvalue weighted by Crippen LogP contribution is -2.25. The van der Waals surface area contributed by atoms with Gasteiger partial charge in [-0.15, -0.1) is 0 Å². The molecule has 6 nitrogen and oxygen atoms in total. The average molecular weight is 389 g/mol. The number of nitrogens with zero attached hydrogens (tertiary/aromatic N) is 4. The quantitative estimate of drug-likeness (QED) is 0.291. The maximum absolute atomic E-state index is 6.18. The first-order chi connectivity index (χ1) is 13.5. The van der Waals surface area contributed by atoms with E-state index in [0.29, 0.717) is 11.7 Å². The van der Waals surface area contributed by atoms with Crippen molar-refractivity contribution in [1.82, 2.24) is 9.80 Å². The van der Waals surface area contributed by atoms with Crippen molar-refractivity contribution in [1.29, 1.82) is 0 Å². The lowest BCUT2D eigenvalue weighted by Gasteiger charge is -2.17. The summed E-state index contributed by atoms with van der Waals surface area (Å²) in [5, 5.41) is 0. The molecule has 0 heterocycles. The fourth-order valence-corrected chi connectivity index (χ4v) is 3.09. The molecular weight excluding hydrogens is 348 g/mol. The smallest absolute Gasteiger partial charge is 0.125 e. The molecule has 0 fully saturated rings. The van der Waals surface area contributed by atoms with E-state index in [4.69, 9.17) is 11.5 Å². The Hall–Kier alpha value is -1.92. The SMILES string of the molecule is CCN(CC)CCCN=C(N)c1cccc(C(N)=NCCCN(CC)CC)c1. The monoisotopic (exact) mass is 388 g/mol. The minimum Gasteiger partial charge on any atom is -0.384 e. The number of aliphatic imine (C=N–C) groups is 2. The Balaban J connectivity index is 2.59. The van der Waals surface area contributed by atoms with Crippen LogP contribution in [0.15, 0.2) is 34.3 Å². The summed E-state index contributed by atoms with van der Waals surface area (Å²) in [7, 11) is 0. The van der Waals surface area contributed by atoms with E-state index in [1.807, 2.05) is 24.3 Å². The van der Waals surface area contributed by atoms with Crippen molar-refractivity contribution in [2.45, 2.75) is 40.5 Å². The van der Waals surface area contributed by atoms with Gasteiger partial charge in [0.25, 0.3) is 0 Å². The van der Waals surface area contributed by atoms with E-state index in [9.17, 15) is 0 Å². The Labute approximate surface area is 171 Å². The van der Waals surface area contributed by atoms with E-state index in [1.165, 1.54) is 0 Å². The highest BCUT2D eigenvalue weighted by molar-refractivity contribution is 6.02. The van der Waals surface area contributed by atoms with Crippen LogP contribution in [0.3, 0.4) is 0 Å². The second-order valence-corrected chi connectivity index (χ2v) is 6.88. The zero-order chi connectivity index (χ0) is 20.8. The van der Waals surface area contributed by atoms with E-state index in [-0.39, 0.29) is 0 Å². The fourth-order valence-electron chi connectivity index (χ4n) is 3.09. The molecule has 0 amide bonds. The Bertz CT molecular complexity index is 554. The predicted octanol–water partition coefficient (Wildman–Crippen LogP) is 2.56. The van der Waals surface area contributed by atoms with Crippen LogP contribution >= 0.6 is 0 Å². The van der Waals surface area contributed by atoms with E-state index in [0.717, 1.165) is 76.3 Å². The minimum absolute atomic E-state index is 0.565. The standard InChI is InChI=1S/C22H40N6/c1-5-27(6-2)16-10-14-25-21(23)19-12-9-13-20(18-19)22(24)26-15-11-17-28(7-3)8-4/h9,12-13,18H,5-8,10-11,14-17H2,1-4H3,(H2,23,25)(H2,24,26). The van der Waals surface area contributed by atoms with Crippen molar-refractivity contribution < 1.29 is 0 Å². The first-order valence-electron chi connectivity index (χ1n) is 10.7. The van der Waals surface area contributed by atoms with Crippen molar-refractivity contribution in [3.05, 3.63) is 35.4 Å². The molecule has 1 rings (SSSR count). The number of hydrogen-bond acceptors (Lipinski definition) is 4. The van der Waals surface area contributed by atoms with Gasteiger partial charge in [-0.3, -0.25) is 9.98 Å². The molecule has 0 unspecified atom stereocenters. The molecule has 1 aromatic carbocycles. The molecule has 0 atom stereocenters. The summed E-state index contributed by atoms with van der Waals surface area (Å²) >= 11 is 0. The largest absolute Gasteiger partial charge is 0.384 e. The molecule has 158 valence electrons. The molecule has 28 heavy (non-hydrogen) atoms. The van der Waals surface area contributed by atoms with Gasteiger partial charge in [-0.1, -0.05) is 45.9 Å². The van der Waals surface area contributed by atoms with Gasteiger partial charge in [0, 0.05) is 24.2 Å². The summed E-state index contributed by atoms with van der Waals surface area (Å²) in [5.74, 6) is 1.13. The van der Waals surface area contributed by atoms with Crippen LogP contribution in [0.1, 0.15) is 51.7 Å². The maximum atomic E-state index is 6.18. The Morgan fingerprint density at radius 2 is 1.14 bits per heavy atom. The third kappa shape index (κ3) is 8.85. The van der Waals surface area contributed by atoms with Gasteiger partial charge in [-0.25, -0.2) is 0 Å². The number of rotatable bonds is 14. The van der Waals surface area contributed by atoms with Gasteiger partial charge in [0.2, 0.25) is 0 Å². The van der Waals surface area contributed by atoms with Crippen LogP contribution in [0.4, 0.5) is 0 Å². The third-order valence-corrected chi connectivity index (χ3v) is 5.07. The predicted molar refractivity (Wildman–Crippen MR) is 122 cm³/mol. The van der Waals surface area contributed by atoms with Gasteiger partial charge < -0.3 is 21.3 Å². The molecule has 0 saturated heterocycles. The van der Waals surface area contributed by atoms with E-state index >= 15 is 0 Å². The molecule has 0 aliphatic carbocycles. The highest BCUT2D eigenvalue weighted by Crippen LogP contribution is 2.06. The second-order valence-electron chi connectivity index (χ2n) is 6.88. The van der Waals surface area contributed by atoms with Crippen molar-refractivity contribution in [3.8, 4) is 0 Å². The zero-order valence-corrected chi connectivity index (χ0v) is 18.3. The summed E-state index contributed by atoms with van der Waals surface area (Å²) in [6, 6.07) is 7.88. The molecule has 0 aliphatic heterocycles. The highest BCUT2D eigenvalue weighted by atomic mass is 15.1. The van der Waals surface area contributed by atoms with Crippen molar-refractivity contribution in [3.63, 3.8) is 0 Å². The molecule has 0 bridgehead atoms. The van der Waals surface area contributed by atoms with Crippen LogP contribution in [0.25, 0.3) is 0 Å². The van der Waals surface area contributed by atoms with Crippen LogP contribution in [0, 0.1) is 0 Å². The lowest BCUT2D eigenvalue weighted by molar-refractivity contribution is 0.302. The van der Waals surface area contributed by atoms with E-state index in [2.05, 4.69) is 47.5 Å². The normalized spacial score (nSPS) is 12.9. The van der Waals surface area contributed by atoms with Gasteiger partial charge in [0.05, 0.1) is 0 Å². The maximum Gasteiger partial charge on any atom is 0.125 e. The van der Waals surface area contributed by atoms with Crippen LogP contribution in [-0.2, 0) is 0 Å². The number of amidine groups is 2. The summed E-state index contributed by atoms with van der Waals surface area (Å²) in [5.41, 5.74) is 14.2. The van der Waals surface area contributed by atoms with Crippen molar-refractivity contribution in [2.24, 2.45) is 21.5 Å². The minimum atomic E-state index is 0.565. The third-order valence-electron chi connectivity index (χ3n) is 5.07. The molecule has 0 radical (unpaired) electrons. The van der Waals surface area contributed by atoms with Gasteiger partial charge in [-0.2, -0.15) is 0 Å². The molecule has 6 heteroatoms.